The van der Waals surface area contributed by atoms with Crippen LogP contribution < -0.4 is 0 Å². The summed E-state index contributed by atoms with van der Waals surface area (Å²) < 4.78 is 5.01. The smallest absolute Gasteiger partial charge is 0.323 e. The molecule has 0 bridgehead atoms. The molecule has 5 heteroatoms. The van der Waals surface area contributed by atoms with Crippen LogP contribution in [0.3, 0.4) is 0 Å². The van der Waals surface area contributed by atoms with E-state index in [2.05, 4.69) is 4.98 Å². The molecule has 1 aromatic rings. The van der Waals surface area contributed by atoms with Crippen LogP contribution in [0.4, 0.5) is 0 Å². The second-order valence-electron chi connectivity index (χ2n) is 5.24. The average Bonchev–Trinajstić information content (AvgIpc) is 2.38. The minimum Gasteiger partial charge on any atom is -0.480 e. The first-order chi connectivity index (χ1) is 9.42. The maximum absolute atomic E-state index is 12.2. The van der Waals surface area contributed by atoms with Crippen molar-refractivity contribution in [1.82, 2.24) is 4.98 Å². The zero-order chi connectivity index (χ0) is 15.2. The fourth-order valence-electron chi connectivity index (χ4n) is 2.29. The summed E-state index contributed by atoms with van der Waals surface area (Å²) in [6.07, 6.45) is 3.52. The van der Waals surface area contributed by atoms with Gasteiger partial charge in [-0.15, -0.1) is 0 Å². The Balaban J connectivity index is 3.15. The number of rotatable bonds is 7. The SMILES string of the molecule is CCOC(=O)C(Cc1ccncc1)(CC(C)C)C(=O)O. The quantitative estimate of drug-likeness (QED) is 0.612. The lowest BCUT2D eigenvalue weighted by molar-refractivity contribution is -0.170. The van der Waals surface area contributed by atoms with Gasteiger partial charge in [0.1, 0.15) is 0 Å². The summed E-state index contributed by atoms with van der Waals surface area (Å²) in [5.41, 5.74) is -0.776. The number of hydrogen-bond acceptors (Lipinski definition) is 4. The van der Waals surface area contributed by atoms with Crippen LogP contribution in [0.2, 0.25) is 0 Å². The third kappa shape index (κ3) is 3.79. The number of ether oxygens (including phenoxy) is 1. The highest BCUT2D eigenvalue weighted by molar-refractivity contribution is 5.99. The molecule has 110 valence electrons. The van der Waals surface area contributed by atoms with Crippen LogP contribution in [-0.2, 0) is 20.7 Å². The molecule has 0 aliphatic carbocycles. The Bertz CT molecular complexity index is 458. The molecule has 0 saturated heterocycles. The standard InChI is InChI=1S/C15H21NO4/c1-4-20-14(19)15(13(17)18,9-11(2)3)10-12-5-7-16-8-6-12/h5-8,11H,4,9-10H2,1-3H3,(H,17,18). The molecule has 0 aliphatic rings. The van der Waals surface area contributed by atoms with Gasteiger partial charge in [0, 0.05) is 12.4 Å². The number of pyridine rings is 1. The predicted molar refractivity (Wildman–Crippen MR) is 74.1 cm³/mol. The Labute approximate surface area is 119 Å². The van der Waals surface area contributed by atoms with Gasteiger partial charge in [0.15, 0.2) is 5.41 Å². The van der Waals surface area contributed by atoms with Gasteiger partial charge in [-0.05, 0) is 43.4 Å². The van der Waals surface area contributed by atoms with E-state index < -0.39 is 17.4 Å². The van der Waals surface area contributed by atoms with Crippen molar-refractivity contribution in [2.45, 2.75) is 33.6 Å². The van der Waals surface area contributed by atoms with E-state index >= 15 is 0 Å². The van der Waals surface area contributed by atoms with Gasteiger partial charge in [-0.2, -0.15) is 0 Å². The summed E-state index contributed by atoms with van der Waals surface area (Å²) in [6.45, 7) is 5.63. The maximum Gasteiger partial charge on any atom is 0.323 e. The molecule has 0 radical (unpaired) electrons. The van der Waals surface area contributed by atoms with Gasteiger partial charge in [-0.3, -0.25) is 14.6 Å². The molecule has 1 aromatic heterocycles. The lowest BCUT2D eigenvalue weighted by Gasteiger charge is -2.28. The lowest BCUT2D eigenvalue weighted by atomic mass is 9.75. The van der Waals surface area contributed by atoms with Gasteiger partial charge < -0.3 is 9.84 Å². The van der Waals surface area contributed by atoms with Gasteiger partial charge in [0.2, 0.25) is 0 Å². The van der Waals surface area contributed by atoms with E-state index in [1.807, 2.05) is 13.8 Å². The number of carboxylic acid groups (broad SMARTS) is 1. The molecule has 20 heavy (non-hydrogen) atoms. The summed E-state index contributed by atoms with van der Waals surface area (Å²) in [4.78, 5) is 27.9. The highest BCUT2D eigenvalue weighted by Gasteiger charge is 2.48. The van der Waals surface area contributed by atoms with Crippen molar-refractivity contribution < 1.29 is 19.4 Å². The molecule has 1 unspecified atom stereocenters. The van der Waals surface area contributed by atoms with Gasteiger partial charge in [0.05, 0.1) is 6.61 Å². The van der Waals surface area contributed by atoms with Crippen LogP contribution in [0.1, 0.15) is 32.8 Å². The molecule has 0 fully saturated rings. The number of aliphatic carboxylic acids is 1. The van der Waals surface area contributed by atoms with Crippen LogP contribution in [-0.4, -0.2) is 28.6 Å². The van der Waals surface area contributed by atoms with Crippen molar-refractivity contribution in [3.8, 4) is 0 Å². The Kier molecular flexibility index (Phi) is 5.67. The first kappa shape index (κ1) is 16.1. The van der Waals surface area contributed by atoms with E-state index in [1.165, 1.54) is 0 Å². The minimum atomic E-state index is -1.54. The molecule has 0 aliphatic heterocycles. The van der Waals surface area contributed by atoms with E-state index in [0.29, 0.717) is 0 Å². The largest absolute Gasteiger partial charge is 0.480 e. The molecule has 0 amide bonds. The first-order valence-electron chi connectivity index (χ1n) is 6.72. The van der Waals surface area contributed by atoms with Crippen molar-refractivity contribution >= 4 is 11.9 Å². The van der Waals surface area contributed by atoms with E-state index in [0.717, 1.165) is 5.56 Å². The molecule has 1 N–H and O–H groups in total. The molecular weight excluding hydrogens is 258 g/mol. The second-order valence-corrected chi connectivity index (χ2v) is 5.24. The fourth-order valence-corrected chi connectivity index (χ4v) is 2.29. The zero-order valence-electron chi connectivity index (χ0n) is 12.1. The Morgan fingerprint density at radius 3 is 2.40 bits per heavy atom. The Morgan fingerprint density at radius 1 is 1.35 bits per heavy atom. The minimum absolute atomic E-state index is 0.0670. The van der Waals surface area contributed by atoms with E-state index in [9.17, 15) is 14.7 Å². The first-order valence-corrected chi connectivity index (χ1v) is 6.72. The molecule has 0 aromatic carbocycles. The third-order valence-electron chi connectivity index (χ3n) is 3.09. The zero-order valence-corrected chi connectivity index (χ0v) is 12.1. The van der Waals surface area contributed by atoms with E-state index in [1.54, 1.807) is 31.5 Å². The van der Waals surface area contributed by atoms with Crippen molar-refractivity contribution in [1.29, 1.82) is 0 Å². The summed E-state index contributed by atoms with van der Waals surface area (Å²) in [5.74, 6) is -1.74. The normalized spacial score (nSPS) is 13.8. The summed E-state index contributed by atoms with van der Waals surface area (Å²) in [7, 11) is 0. The molecule has 1 rings (SSSR count). The molecule has 0 saturated carbocycles. The van der Waals surface area contributed by atoms with Crippen molar-refractivity contribution in [2.75, 3.05) is 6.61 Å². The summed E-state index contributed by atoms with van der Waals surface area (Å²) in [6, 6.07) is 3.44. The number of carbonyl (C=O) groups is 2. The fraction of sp³-hybridized carbons (Fsp3) is 0.533. The summed E-state index contributed by atoms with van der Waals surface area (Å²) >= 11 is 0. The lowest BCUT2D eigenvalue weighted by Crippen LogP contribution is -2.43. The number of esters is 1. The number of nitrogens with zero attached hydrogens (tertiary/aromatic N) is 1. The van der Waals surface area contributed by atoms with Crippen molar-refractivity contribution in [2.24, 2.45) is 11.3 Å². The Morgan fingerprint density at radius 2 is 1.95 bits per heavy atom. The van der Waals surface area contributed by atoms with Gasteiger partial charge in [-0.25, -0.2) is 0 Å². The van der Waals surface area contributed by atoms with E-state index in [-0.39, 0.29) is 25.4 Å². The Hall–Kier alpha value is -1.91. The second kappa shape index (κ2) is 7.03. The van der Waals surface area contributed by atoms with Gasteiger partial charge >= 0.3 is 11.9 Å². The van der Waals surface area contributed by atoms with Gasteiger partial charge in [0.25, 0.3) is 0 Å². The highest BCUT2D eigenvalue weighted by Crippen LogP contribution is 2.33. The van der Waals surface area contributed by atoms with Crippen LogP contribution in [0.25, 0.3) is 0 Å². The molecule has 5 nitrogen and oxygen atoms in total. The predicted octanol–water partition coefficient (Wildman–Crippen LogP) is 2.30. The van der Waals surface area contributed by atoms with Crippen LogP contribution >= 0.6 is 0 Å². The highest BCUT2D eigenvalue weighted by atomic mass is 16.5. The number of carboxylic acids is 1. The number of carbonyl (C=O) groups excluding carboxylic acids is 1. The maximum atomic E-state index is 12.2. The third-order valence-corrected chi connectivity index (χ3v) is 3.09. The van der Waals surface area contributed by atoms with Gasteiger partial charge in [-0.1, -0.05) is 13.8 Å². The number of hydrogen-bond donors (Lipinski definition) is 1. The molecule has 1 heterocycles. The summed E-state index contributed by atoms with van der Waals surface area (Å²) in [5, 5.41) is 9.61. The van der Waals surface area contributed by atoms with Crippen LogP contribution in [0.5, 0.6) is 0 Å². The molecule has 1 atom stereocenters. The molecule has 0 spiro atoms. The molecular formula is C15H21NO4. The van der Waals surface area contributed by atoms with E-state index in [4.69, 9.17) is 4.74 Å². The topological polar surface area (TPSA) is 76.5 Å². The van der Waals surface area contributed by atoms with Crippen LogP contribution in [0, 0.1) is 11.3 Å². The number of aromatic nitrogens is 1. The monoisotopic (exact) mass is 279 g/mol. The average molecular weight is 279 g/mol. The van der Waals surface area contributed by atoms with Crippen molar-refractivity contribution in [3.05, 3.63) is 30.1 Å². The van der Waals surface area contributed by atoms with Crippen molar-refractivity contribution in [3.63, 3.8) is 0 Å². The van der Waals surface area contributed by atoms with Crippen LogP contribution in [0.15, 0.2) is 24.5 Å².